The summed E-state index contributed by atoms with van der Waals surface area (Å²) in [6.45, 7) is 0.441. The molecule has 0 aliphatic rings. The van der Waals surface area contributed by atoms with Gasteiger partial charge in [0.2, 0.25) is 0 Å². The van der Waals surface area contributed by atoms with E-state index in [0.717, 1.165) is 5.69 Å². The van der Waals surface area contributed by atoms with E-state index >= 15 is 0 Å². The highest BCUT2D eigenvalue weighted by molar-refractivity contribution is 9.10. The Kier molecular flexibility index (Phi) is 4.16. The zero-order chi connectivity index (χ0) is 14.0. The molecule has 0 fully saturated rings. The van der Waals surface area contributed by atoms with Crippen LogP contribution in [0.15, 0.2) is 28.9 Å². The zero-order valence-corrected chi connectivity index (χ0v) is 12.6. The van der Waals surface area contributed by atoms with Gasteiger partial charge in [-0.25, -0.2) is 4.39 Å². The standard InChI is InChI=1S/C12H12BrFN4S/c1-18-5-4-7(17-18)6-16-9-3-2-8(12(15)19)10(13)11(9)14/h2-5,16H,6H2,1H3,(H2,15,19). The number of rotatable bonds is 4. The smallest absolute Gasteiger partial charge is 0.161 e. The first-order chi connectivity index (χ1) is 8.99. The molecule has 1 aromatic heterocycles. The van der Waals surface area contributed by atoms with Crippen LogP contribution in [0.1, 0.15) is 11.3 Å². The van der Waals surface area contributed by atoms with E-state index < -0.39 is 5.82 Å². The molecule has 1 aromatic carbocycles. The molecule has 1 heterocycles. The third-order valence-corrected chi connectivity index (χ3v) is 3.57. The van der Waals surface area contributed by atoms with Gasteiger partial charge < -0.3 is 11.1 Å². The van der Waals surface area contributed by atoms with Crippen LogP contribution >= 0.6 is 28.1 Å². The van der Waals surface area contributed by atoms with Gasteiger partial charge in [0, 0.05) is 18.8 Å². The van der Waals surface area contributed by atoms with E-state index in [1.54, 1.807) is 16.8 Å². The molecule has 0 aliphatic carbocycles. The molecular formula is C12H12BrFN4S. The molecule has 0 radical (unpaired) electrons. The van der Waals surface area contributed by atoms with Crippen LogP contribution in [0.3, 0.4) is 0 Å². The van der Waals surface area contributed by atoms with Crippen molar-refractivity contribution in [3.05, 3.63) is 45.9 Å². The highest BCUT2D eigenvalue weighted by Gasteiger charge is 2.12. The number of hydrogen-bond acceptors (Lipinski definition) is 3. The summed E-state index contributed by atoms with van der Waals surface area (Å²) in [4.78, 5) is 0.155. The van der Waals surface area contributed by atoms with Gasteiger partial charge in [0.15, 0.2) is 5.82 Å². The number of thiocarbonyl (C=S) groups is 1. The van der Waals surface area contributed by atoms with Crippen LogP contribution in [0.5, 0.6) is 0 Å². The molecule has 0 saturated heterocycles. The number of hydrogen-bond donors (Lipinski definition) is 2. The van der Waals surface area contributed by atoms with Gasteiger partial charge in [-0.1, -0.05) is 12.2 Å². The highest BCUT2D eigenvalue weighted by Crippen LogP contribution is 2.27. The van der Waals surface area contributed by atoms with Crippen molar-refractivity contribution < 1.29 is 4.39 Å². The minimum absolute atomic E-state index is 0.155. The fourth-order valence-corrected chi connectivity index (χ4v) is 2.48. The summed E-state index contributed by atoms with van der Waals surface area (Å²) >= 11 is 8.00. The van der Waals surface area contributed by atoms with Gasteiger partial charge in [-0.15, -0.1) is 0 Å². The van der Waals surface area contributed by atoms with Gasteiger partial charge >= 0.3 is 0 Å². The Labute approximate surface area is 123 Å². The van der Waals surface area contributed by atoms with Gasteiger partial charge in [0.25, 0.3) is 0 Å². The molecule has 0 spiro atoms. The monoisotopic (exact) mass is 342 g/mol. The predicted molar refractivity (Wildman–Crippen MR) is 80.5 cm³/mol. The van der Waals surface area contributed by atoms with Crippen LogP contribution in [0.2, 0.25) is 0 Å². The maximum atomic E-state index is 14.1. The van der Waals surface area contributed by atoms with E-state index in [2.05, 4.69) is 26.3 Å². The molecule has 3 N–H and O–H groups in total. The number of aryl methyl sites for hydroxylation is 1. The Hall–Kier alpha value is -1.47. The Morgan fingerprint density at radius 1 is 1.53 bits per heavy atom. The highest BCUT2D eigenvalue weighted by atomic mass is 79.9. The molecule has 0 saturated carbocycles. The van der Waals surface area contributed by atoms with Crippen LogP contribution in [0, 0.1) is 5.82 Å². The van der Waals surface area contributed by atoms with Crippen molar-refractivity contribution in [2.75, 3.05) is 5.32 Å². The Morgan fingerprint density at radius 2 is 2.26 bits per heavy atom. The van der Waals surface area contributed by atoms with Gasteiger partial charge in [-0.3, -0.25) is 4.68 Å². The van der Waals surface area contributed by atoms with Crippen molar-refractivity contribution in [1.82, 2.24) is 9.78 Å². The predicted octanol–water partition coefficient (Wildman–Crippen LogP) is 2.57. The summed E-state index contributed by atoms with van der Waals surface area (Å²) < 4.78 is 16.0. The van der Waals surface area contributed by atoms with Crippen LogP contribution < -0.4 is 11.1 Å². The van der Waals surface area contributed by atoms with Crippen molar-refractivity contribution >= 4 is 38.8 Å². The first-order valence-electron chi connectivity index (χ1n) is 5.49. The second kappa shape index (κ2) is 5.66. The normalized spacial score (nSPS) is 10.5. The molecule has 7 heteroatoms. The molecule has 0 unspecified atom stereocenters. The molecule has 19 heavy (non-hydrogen) atoms. The van der Waals surface area contributed by atoms with Crippen molar-refractivity contribution in [2.45, 2.75) is 6.54 Å². The zero-order valence-electron chi connectivity index (χ0n) is 10.2. The van der Waals surface area contributed by atoms with Crippen LogP contribution in [-0.4, -0.2) is 14.8 Å². The van der Waals surface area contributed by atoms with E-state index in [4.69, 9.17) is 18.0 Å². The van der Waals surface area contributed by atoms with Crippen LogP contribution in [0.4, 0.5) is 10.1 Å². The molecular weight excluding hydrogens is 331 g/mol. The fourth-order valence-electron chi connectivity index (χ4n) is 1.62. The number of nitrogens with one attached hydrogen (secondary N) is 1. The van der Waals surface area contributed by atoms with Crippen molar-refractivity contribution in [3.8, 4) is 0 Å². The lowest BCUT2D eigenvalue weighted by Gasteiger charge is -2.10. The van der Waals surface area contributed by atoms with Gasteiger partial charge in [0.1, 0.15) is 4.99 Å². The Morgan fingerprint density at radius 3 is 2.84 bits per heavy atom. The average Bonchev–Trinajstić information content (AvgIpc) is 2.76. The minimum atomic E-state index is -0.416. The topological polar surface area (TPSA) is 55.9 Å². The maximum absolute atomic E-state index is 14.1. The average molecular weight is 343 g/mol. The first-order valence-corrected chi connectivity index (χ1v) is 6.69. The van der Waals surface area contributed by atoms with E-state index in [0.29, 0.717) is 17.8 Å². The van der Waals surface area contributed by atoms with Crippen molar-refractivity contribution in [3.63, 3.8) is 0 Å². The lowest BCUT2D eigenvalue weighted by molar-refractivity contribution is 0.623. The van der Waals surface area contributed by atoms with E-state index in [-0.39, 0.29) is 9.46 Å². The van der Waals surface area contributed by atoms with Crippen LogP contribution in [-0.2, 0) is 13.6 Å². The summed E-state index contributed by atoms with van der Waals surface area (Å²) in [5.74, 6) is -0.416. The second-order valence-corrected chi connectivity index (χ2v) is 5.22. The van der Waals surface area contributed by atoms with E-state index in [1.165, 1.54) is 0 Å². The number of aromatic nitrogens is 2. The summed E-state index contributed by atoms with van der Waals surface area (Å²) in [7, 11) is 1.83. The maximum Gasteiger partial charge on any atom is 0.161 e. The lowest BCUT2D eigenvalue weighted by Crippen LogP contribution is -2.12. The molecule has 0 aliphatic heterocycles. The van der Waals surface area contributed by atoms with E-state index in [9.17, 15) is 4.39 Å². The summed E-state index contributed by atoms with van der Waals surface area (Å²) in [5.41, 5.74) is 7.19. The molecule has 2 aromatic rings. The number of nitrogens with two attached hydrogens (primary N) is 1. The van der Waals surface area contributed by atoms with Gasteiger partial charge in [-0.05, 0) is 34.1 Å². The number of benzene rings is 1. The molecule has 0 bridgehead atoms. The molecule has 4 nitrogen and oxygen atoms in total. The quantitative estimate of drug-likeness (QED) is 0.838. The summed E-state index contributed by atoms with van der Waals surface area (Å²) in [6.07, 6.45) is 1.83. The van der Waals surface area contributed by atoms with Crippen molar-refractivity contribution in [1.29, 1.82) is 0 Å². The first kappa shape index (κ1) is 14.0. The van der Waals surface area contributed by atoms with E-state index in [1.807, 2.05) is 19.3 Å². The minimum Gasteiger partial charge on any atom is -0.389 e. The summed E-state index contributed by atoms with van der Waals surface area (Å²) in [5, 5.41) is 7.19. The second-order valence-electron chi connectivity index (χ2n) is 3.99. The third kappa shape index (κ3) is 3.10. The SMILES string of the molecule is Cn1ccc(CNc2ccc(C(N)=S)c(Br)c2F)n1. The largest absolute Gasteiger partial charge is 0.389 e. The van der Waals surface area contributed by atoms with Crippen molar-refractivity contribution in [2.24, 2.45) is 12.8 Å². The van der Waals surface area contributed by atoms with Gasteiger partial charge in [-0.2, -0.15) is 5.10 Å². The number of nitrogens with zero attached hydrogens (tertiary/aromatic N) is 2. The molecule has 0 atom stereocenters. The third-order valence-electron chi connectivity index (χ3n) is 2.58. The molecule has 100 valence electrons. The summed E-state index contributed by atoms with van der Waals surface area (Å²) in [6, 6.07) is 5.15. The Balaban J connectivity index is 2.17. The lowest BCUT2D eigenvalue weighted by atomic mass is 10.2. The number of halogens is 2. The fraction of sp³-hybridized carbons (Fsp3) is 0.167. The molecule has 2 rings (SSSR count). The Bertz CT molecular complexity index is 626. The van der Waals surface area contributed by atoms with Gasteiger partial charge in [0.05, 0.1) is 22.4 Å². The number of anilines is 1. The molecule has 0 amide bonds. The van der Waals surface area contributed by atoms with Crippen LogP contribution in [0.25, 0.3) is 0 Å².